The lowest BCUT2D eigenvalue weighted by Gasteiger charge is -2.31. The Balaban J connectivity index is 2.17. The van der Waals surface area contributed by atoms with Crippen LogP contribution in [0.2, 0.25) is 0 Å². The van der Waals surface area contributed by atoms with Gasteiger partial charge in [-0.25, -0.2) is 18.4 Å². The molecule has 0 saturated heterocycles. The molecule has 6 nitrogen and oxygen atoms in total. The van der Waals surface area contributed by atoms with E-state index in [0.717, 1.165) is 12.8 Å². The van der Waals surface area contributed by atoms with Gasteiger partial charge in [-0.1, -0.05) is 13.3 Å². The highest BCUT2D eigenvalue weighted by Crippen LogP contribution is 2.28. The SMILES string of the molecule is CCN(CC1CCC1)S(=O)(=O)c1cnc(NC)nc1. The minimum atomic E-state index is -3.47. The van der Waals surface area contributed by atoms with Gasteiger partial charge in [0.2, 0.25) is 16.0 Å². The van der Waals surface area contributed by atoms with Crippen molar-refractivity contribution in [2.24, 2.45) is 5.92 Å². The summed E-state index contributed by atoms with van der Waals surface area (Å²) in [6, 6.07) is 0. The van der Waals surface area contributed by atoms with E-state index in [-0.39, 0.29) is 4.90 Å². The van der Waals surface area contributed by atoms with Crippen LogP contribution in [0.4, 0.5) is 5.95 Å². The molecule has 106 valence electrons. The molecule has 0 unspecified atom stereocenters. The average molecular weight is 284 g/mol. The molecule has 2 rings (SSSR count). The van der Waals surface area contributed by atoms with E-state index in [4.69, 9.17) is 0 Å². The molecule has 7 heteroatoms. The van der Waals surface area contributed by atoms with E-state index in [0.29, 0.717) is 25.0 Å². The van der Waals surface area contributed by atoms with Crippen molar-refractivity contribution < 1.29 is 8.42 Å². The number of sulfonamides is 1. The van der Waals surface area contributed by atoms with Crippen LogP contribution in [0.25, 0.3) is 0 Å². The zero-order valence-corrected chi connectivity index (χ0v) is 12.2. The van der Waals surface area contributed by atoms with Crippen molar-refractivity contribution in [3.8, 4) is 0 Å². The minimum absolute atomic E-state index is 0.160. The third-order valence-electron chi connectivity index (χ3n) is 3.53. The van der Waals surface area contributed by atoms with Gasteiger partial charge in [0.1, 0.15) is 4.90 Å². The first-order valence-electron chi connectivity index (χ1n) is 6.58. The lowest BCUT2D eigenvalue weighted by Crippen LogP contribution is -2.37. The summed E-state index contributed by atoms with van der Waals surface area (Å²) in [5, 5.41) is 2.77. The Morgan fingerprint density at radius 2 is 2.00 bits per heavy atom. The van der Waals surface area contributed by atoms with Crippen molar-refractivity contribution in [3.05, 3.63) is 12.4 Å². The van der Waals surface area contributed by atoms with E-state index in [9.17, 15) is 8.42 Å². The van der Waals surface area contributed by atoms with Crippen LogP contribution >= 0.6 is 0 Å². The Labute approximate surface area is 114 Å². The predicted octanol–water partition coefficient (Wildman–Crippen LogP) is 1.33. The second-order valence-electron chi connectivity index (χ2n) is 4.74. The summed E-state index contributed by atoms with van der Waals surface area (Å²) in [6.45, 7) is 2.94. The van der Waals surface area contributed by atoms with Gasteiger partial charge in [-0.3, -0.25) is 0 Å². The van der Waals surface area contributed by atoms with Gasteiger partial charge in [0.25, 0.3) is 0 Å². The van der Waals surface area contributed by atoms with E-state index in [2.05, 4.69) is 15.3 Å². The van der Waals surface area contributed by atoms with Crippen molar-refractivity contribution in [2.45, 2.75) is 31.1 Å². The Morgan fingerprint density at radius 1 is 1.37 bits per heavy atom. The first kappa shape index (κ1) is 14.2. The molecular formula is C12H20N4O2S. The molecule has 1 saturated carbocycles. The van der Waals surface area contributed by atoms with E-state index in [1.807, 2.05) is 6.92 Å². The van der Waals surface area contributed by atoms with Crippen LogP contribution in [0.15, 0.2) is 17.3 Å². The molecule has 1 aromatic heterocycles. The quantitative estimate of drug-likeness (QED) is 0.853. The summed E-state index contributed by atoms with van der Waals surface area (Å²) in [5.41, 5.74) is 0. The molecule has 0 spiro atoms. The smallest absolute Gasteiger partial charge is 0.246 e. The fraction of sp³-hybridized carbons (Fsp3) is 0.667. The van der Waals surface area contributed by atoms with Crippen molar-refractivity contribution in [3.63, 3.8) is 0 Å². The van der Waals surface area contributed by atoms with Gasteiger partial charge in [-0.15, -0.1) is 0 Å². The van der Waals surface area contributed by atoms with Gasteiger partial charge in [0.15, 0.2) is 0 Å². The number of hydrogen-bond acceptors (Lipinski definition) is 5. The van der Waals surface area contributed by atoms with Crippen LogP contribution in [0.3, 0.4) is 0 Å². The summed E-state index contributed by atoms with van der Waals surface area (Å²) in [4.78, 5) is 8.09. The molecule has 0 aliphatic heterocycles. The van der Waals surface area contributed by atoms with Crippen LogP contribution in [0.5, 0.6) is 0 Å². The minimum Gasteiger partial charge on any atom is -0.357 e. The molecule has 0 bridgehead atoms. The fourth-order valence-corrected chi connectivity index (χ4v) is 3.51. The molecule has 0 radical (unpaired) electrons. The maximum atomic E-state index is 12.5. The number of hydrogen-bond donors (Lipinski definition) is 1. The van der Waals surface area contributed by atoms with Crippen molar-refractivity contribution in [2.75, 3.05) is 25.5 Å². The van der Waals surface area contributed by atoms with E-state index in [1.54, 1.807) is 7.05 Å². The highest BCUT2D eigenvalue weighted by atomic mass is 32.2. The first-order chi connectivity index (χ1) is 9.07. The zero-order chi connectivity index (χ0) is 13.9. The number of aromatic nitrogens is 2. The largest absolute Gasteiger partial charge is 0.357 e. The number of anilines is 1. The second-order valence-corrected chi connectivity index (χ2v) is 6.68. The summed E-state index contributed by atoms with van der Waals surface area (Å²) in [7, 11) is -1.77. The van der Waals surface area contributed by atoms with E-state index < -0.39 is 10.0 Å². The second kappa shape index (κ2) is 5.83. The Kier molecular flexibility index (Phi) is 4.36. The maximum absolute atomic E-state index is 12.5. The topological polar surface area (TPSA) is 75.2 Å². The molecule has 1 aliphatic rings. The van der Waals surface area contributed by atoms with Gasteiger partial charge >= 0.3 is 0 Å². The number of nitrogens with one attached hydrogen (secondary N) is 1. The highest BCUT2D eigenvalue weighted by molar-refractivity contribution is 7.89. The molecular weight excluding hydrogens is 264 g/mol. The van der Waals surface area contributed by atoms with Crippen LogP contribution < -0.4 is 5.32 Å². The van der Waals surface area contributed by atoms with Gasteiger partial charge in [0.05, 0.1) is 12.4 Å². The van der Waals surface area contributed by atoms with E-state index in [1.165, 1.54) is 23.1 Å². The van der Waals surface area contributed by atoms with Crippen molar-refractivity contribution in [1.29, 1.82) is 0 Å². The summed E-state index contributed by atoms with van der Waals surface area (Å²) < 4.78 is 26.5. The Bertz CT molecular complexity index is 511. The molecule has 1 fully saturated rings. The standard InChI is InChI=1S/C12H20N4O2S/c1-3-16(9-10-5-4-6-10)19(17,18)11-7-14-12(13-2)15-8-11/h7-8,10H,3-6,9H2,1-2H3,(H,13,14,15). The van der Waals surface area contributed by atoms with E-state index >= 15 is 0 Å². The molecule has 0 atom stereocenters. The van der Waals surface area contributed by atoms with Crippen LogP contribution in [-0.2, 0) is 10.0 Å². The normalized spacial score (nSPS) is 16.4. The average Bonchev–Trinajstić information content (AvgIpc) is 2.37. The molecule has 1 aliphatic carbocycles. The summed E-state index contributed by atoms with van der Waals surface area (Å²) >= 11 is 0. The molecule has 19 heavy (non-hydrogen) atoms. The lowest BCUT2D eigenvalue weighted by atomic mass is 9.85. The van der Waals surface area contributed by atoms with Crippen LogP contribution in [0, 0.1) is 5.92 Å². The Hall–Kier alpha value is -1.21. The number of rotatable bonds is 6. The first-order valence-corrected chi connectivity index (χ1v) is 8.02. The van der Waals surface area contributed by atoms with Crippen LogP contribution in [0.1, 0.15) is 26.2 Å². The summed E-state index contributed by atoms with van der Waals surface area (Å²) in [5.74, 6) is 0.924. The molecule has 1 heterocycles. The molecule has 0 amide bonds. The predicted molar refractivity (Wildman–Crippen MR) is 73.4 cm³/mol. The highest BCUT2D eigenvalue weighted by Gasteiger charge is 2.28. The molecule has 1 aromatic rings. The maximum Gasteiger partial charge on any atom is 0.246 e. The lowest BCUT2D eigenvalue weighted by molar-refractivity contribution is 0.250. The third-order valence-corrected chi connectivity index (χ3v) is 5.42. The Morgan fingerprint density at radius 3 is 2.42 bits per heavy atom. The monoisotopic (exact) mass is 284 g/mol. The number of nitrogens with zero attached hydrogens (tertiary/aromatic N) is 3. The molecule has 1 N–H and O–H groups in total. The van der Waals surface area contributed by atoms with Crippen LogP contribution in [-0.4, -0.2) is 42.8 Å². The van der Waals surface area contributed by atoms with Crippen molar-refractivity contribution >= 4 is 16.0 Å². The third kappa shape index (κ3) is 3.03. The molecule has 0 aromatic carbocycles. The van der Waals surface area contributed by atoms with Gasteiger partial charge < -0.3 is 5.32 Å². The van der Waals surface area contributed by atoms with Crippen molar-refractivity contribution in [1.82, 2.24) is 14.3 Å². The fourth-order valence-electron chi connectivity index (χ4n) is 2.09. The summed E-state index contributed by atoms with van der Waals surface area (Å²) in [6.07, 6.45) is 6.18. The van der Waals surface area contributed by atoms with Gasteiger partial charge in [-0.2, -0.15) is 4.31 Å². The van der Waals surface area contributed by atoms with Gasteiger partial charge in [-0.05, 0) is 18.8 Å². The van der Waals surface area contributed by atoms with Gasteiger partial charge in [0, 0.05) is 20.1 Å². The zero-order valence-electron chi connectivity index (χ0n) is 11.3.